The number of hydrogen-bond donors (Lipinski definition) is 1. The number of rotatable bonds is 3. The molecule has 2 rings (SSSR count). The molecule has 1 fully saturated rings. The fourth-order valence-electron chi connectivity index (χ4n) is 2.17. The highest BCUT2D eigenvalue weighted by Gasteiger charge is 2.20. The van der Waals surface area contributed by atoms with Crippen LogP contribution in [0.3, 0.4) is 0 Å². The third-order valence-electron chi connectivity index (χ3n) is 3.10. The molecular formula is C14H19ClN2OS. The zero-order valence-corrected chi connectivity index (χ0v) is 12.7. The molecular weight excluding hydrogens is 280 g/mol. The number of nitrogens with zero attached hydrogens (tertiary/aromatic N) is 1. The van der Waals surface area contributed by atoms with E-state index in [1.165, 1.54) is 0 Å². The van der Waals surface area contributed by atoms with Crippen molar-refractivity contribution in [2.45, 2.75) is 18.2 Å². The minimum atomic E-state index is 0.0992. The summed E-state index contributed by atoms with van der Waals surface area (Å²) in [6.45, 7) is 5.51. The van der Waals surface area contributed by atoms with Crippen molar-refractivity contribution in [1.82, 2.24) is 10.2 Å². The van der Waals surface area contributed by atoms with Gasteiger partial charge in [0.15, 0.2) is 0 Å². The fourth-order valence-corrected chi connectivity index (χ4v) is 3.12. The Labute approximate surface area is 123 Å². The first-order chi connectivity index (χ1) is 9.22. The van der Waals surface area contributed by atoms with Crippen LogP contribution in [0.1, 0.15) is 23.7 Å². The number of benzene rings is 1. The molecule has 0 unspecified atom stereocenters. The third-order valence-corrected chi connectivity index (χ3v) is 4.29. The van der Waals surface area contributed by atoms with E-state index < -0.39 is 0 Å². The van der Waals surface area contributed by atoms with Crippen molar-refractivity contribution in [3.63, 3.8) is 0 Å². The van der Waals surface area contributed by atoms with E-state index in [0.29, 0.717) is 5.02 Å². The highest BCUT2D eigenvalue weighted by Crippen LogP contribution is 2.26. The van der Waals surface area contributed by atoms with E-state index in [9.17, 15) is 4.79 Å². The summed E-state index contributed by atoms with van der Waals surface area (Å²) in [6.07, 6.45) is 1.00. The van der Waals surface area contributed by atoms with Gasteiger partial charge in [0.1, 0.15) is 0 Å². The molecule has 3 nitrogen and oxygen atoms in total. The molecule has 5 heteroatoms. The molecule has 1 amide bonds. The Bertz CT molecular complexity index is 445. The van der Waals surface area contributed by atoms with Crippen molar-refractivity contribution in [2.75, 3.05) is 31.9 Å². The molecule has 1 heterocycles. The summed E-state index contributed by atoms with van der Waals surface area (Å²) in [5, 5.41) is 3.93. The average Bonchev–Trinajstić information content (AvgIpc) is 2.69. The lowest BCUT2D eigenvalue weighted by atomic mass is 10.2. The first-order valence-corrected chi connectivity index (χ1v) is 8.01. The molecule has 1 N–H and O–H groups in total. The van der Waals surface area contributed by atoms with E-state index in [4.69, 9.17) is 11.6 Å². The number of nitrogens with one attached hydrogen (secondary N) is 1. The van der Waals surface area contributed by atoms with Crippen molar-refractivity contribution >= 4 is 29.3 Å². The molecule has 1 aromatic rings. The number of halogens is 1. The molecule has 0 atom stereocenters. The topological polar surface area (TPSA) is 32.3 Å². The zero-order chi connectivity index (χ0) is 13.7. The van der Waals surface area contributed by atoms with Gasteiger partial charge in [-0.1, -0.05) is 18.5 Å². The van der Waals surface area contributed by atoms with E-state index in [1.54, 1.807) is 17.8 Å². The molecule has 0 bridgehead atoms. The lowest BCUT2D eigenvalue weighted by Crippen LogP contribution is -2.34. The van der Waals surface area contributed by atoms with Crippen molar-refractivity contribution < 1.29 is 4.79 Å². The van der Waals surface area contributed by atoms with Gasteiger partial charge in [0.05, 0.1) is 5.56 Å². The largest absolute Gasteiger partial charge is 0.337 e. The lowest BCUT2D eigenvalue weighted by molar-refractivity contribution is 0.0763. The second kappa shape index (κ2) is 7.17. The molecule has 0 saturated carbocycles. The normalized spacial score (nSPS) is 16.2. The summed E-state index contributed by atoms with van der Waals surface area (Å²) in [5.41, 5.74) is 0.737. The Hall–Kier alpha value is -0.710. The van der Waals surface area contributed by atoms with Crippen LogP contribution in [0.2, 0.25) is 5.02 Å². The number of carbonyl (C=O) groups excluding carboxylic acids is 1. The van der Waals surface area contributed by atoms with Gasteiger partial charge in [-0.25, -0.2) is 0 Å². The summed E-state index contributed by atoms with van der Waals surface area (Å²) in [4.78, 5) is 15.6. The smallest absolute Gasteiger partial charge is 0.255 e. The van der Waals surface area contributed by atoms with Crippen LogP contribution >= 0.6 is 23.4 Å². The Morgan fingerprint density at radius 1 is 1.42 bits per heavy atom. The Morgan fingerprint density at radius 2 is 2.26 bits per heavy atom. The van der Waals surface area contributed by atoms with Crippen LogP contribution in [0.15, 0.2) is 23.1 Å². The molecule has 1 aliphatic heterocycles. The highest BCUT2D eigenvalue weighted by molar-refractivity contribution is 7.99. The van der Waals surface area contributed by atoms with Crippen LogP contribution in [0.4, 0.5) is 0 Å². The van der Waals surface area contributed by atoms with Crippen molar-refractivity contribution in [3.8, 4) is 0 Å². The van der Waals surface area contributed by atoms with Crippen LogP contribution in [0.25, 0.3) is 0 Å². The predicted molar refractivity (Wildman–Crippen MR) is 81.2 cm³/mol. The van der Waals surface area contributed by atoms with Gasteiger partial charge < -0.3 is 10.2 Å². The molecule has 0 aromatic heterocycles. The Balaban J connectivity index is 2.23. The van der Waals surface area contributed by atoms with Gasteiger partial charge in [0, 0.05) is 29.6 Å². The quantitative estimate of drug-likeness (QED) is 0.871. The number of carbonyl (C=O) groups is 1. The van der Waals surface area contributed by atoms with Gasteiger partial charge in [-0.05, 0) is 36.9 Å². The molecule has 104 valence electrons. The molecule has 19 heavy (non-hydrogen) atoms. The molecule has 0 aliphatic carbocycles. The van der Waals surface area contributed by atoms with Crippen LogP contribution < -0.4 is 5.32 Å². The van der Waals surface area contributed by atoms with Crippen LogP contribution in [0, 0.1) is 0 Å². The zero-order valence-electron chi connectivity index (χ0n) is 11.1. The van der Waals surface area contributed by atoms with E-state index >= 15 is 0 Å². The maximum absolute atomic E-state index is 12.6. The first kappa shape index (κ1) is 14.7. The summed E-state index contributed by atoms with van der Waals surface area (Å²) in [7, 11) is 0. The Morgan fingerprint density at radius 3 is 3.05 bits per heavy atom. The molecule has 0 radical (unpaired) electrons. The van der Waals surface area contributed by atoms with E-state index in [-0.39, 0.29) is 5.91 Å². The van der Waals surface area contributed by atoms with Gasteiger partial charge in [-0.3, -0.25) is 4.79 Å². The average molecular weight is 299 g/mol. The van der Waals surface area contributed by atoms with Gasteiger partial charge >= 0.3 is 0 Å². The monoisotopic (exact) mass is 298 g/mol. The van der Waals surface area contributed by atoms with E-state index in [0.717, 1.165) is 48.8 Å². The predicted octanol–water partition coefficient (Wildman–Crippen LogP) is 2.89. The molecule has 1 aromatic carbocycles. The van der Waals surface area contributed by atoms with Crippen LogP contribution in [0.5, 0.6) is 0 Å². The van der Waals surface area contributed by atoms with Gasteiger partial charge in [-0.2, -0.15) is 0 Å². The van der Waals surface area contributed by atoms with Crippen LogP contribution in [-0.4, -0.2) is 42.7 Å². The summed E-state index contributed by atoms with van der Waals surface area (Å²) in [6, 6.07) is 5.58. The van der Waals surface area contributed by atoms with Gasteiger partial charge in [-0.15, -0.1) is 11.8 Å². The van der Waals surface area contributed by atoms with Gasteiger partial charge in [0.25, 0.3) is 5.91 Å². The highest BCUT2D eigenvalue weighted by atomic mass is 35.5. The third kappa shape index (κ3) is 3.88. The second-order valence-corrected chi connectivity index (χ2v) is 6.21. The second-order valence-electron chi connectivity index (χ2n) is 4.47. The molecule has 0 spiro atoms. The first-order valence-electron chi connectivity index (χ1n) is 6.64. The van der Waals surface area contributed by atoms with Crippen molar-refractivity contribution in [2.24, 2.45) is 0 Å². The minimum absolute atomic E-state index is 0.0992. The summed E-state index contributed by atoms with van der Waals surface area (Å²) in [5.74, 6) is 1.05. The lowest BCUT2D eigenvalue weighted by Gasteiger charge is -2.21. The summed E-state index contributed by atoms with van der Waals surface area (Å²) < 4.78 is 0. The maximum atomic E-state index is 12.6. The minimum Gasteiger partial charge on any atom is -0.337 e. The van der Waals surface area contributed by atoms with E-state index in [1.807, 2.05) is 17.0 Å². The Kier molecular flexibility index (Phi) is 5.55. The fraction of sp³-hybridized carbons (Fsp3) is 0.500. The molecule has 1 aliphatic rings. The van der Waals surface area contributed by atoms with Crippen molar-refractivity contribution in [1.29, 1.82) is 0 Å². The SMILES string of the molecule is CCSc1ccc(Cl)cc1C(=O)N1CCCNCC1. The molecule has 1 saturated heterocycles. The van der Waals surface area contributed by atoms with Crippen molar-refractivity contribution in [3.05, 3.63) is 28.8 Å². The van der Waals surface area contributed by atoms with Gasteiger partial charge in [0.2, 0.25) is 0 Å². The number of amides is 1. The number of thioether (sulfide) groups is 1. The summed E-state index contributed by atoms with van der Waals surface area (Å²) >= 11 is 7.73. The van der Waals surface area contributed by atoms with Crippen LogP contribution in [-0.2, 0) is 0 Å². The standard InChI is InChI=1S/C14H19ClN2OS/c1-2-19-13-5-4-11(15)10-12(13)14(18)17-8-3-6-16-7-9-17/h4-5,10,16H,2-3,6-9H2,1H3. The maximum Gasteiger partial charge on any atom is 0.255 e. The number of hydrogen-bond acceptors (Lipinski definition) is 3. The van der Waals surface area contributed by atoms with E-state index in [2.05, 4.69) is 12.2 Å².